The number of phenols is 1. The third kappa shape index (κ3) is 3.01. The van der Waals surface area contributed by atoms with Gasteiger partial charge >= 0.3 is 0 Å². The van der Waals surface area contributed by atoms with Gasteiger partial charge in [0.05, 0.1) is 5.69 Å². The van der Waals surface area contributed by atoms with E-state index in [9.17, 15) is 14.7 Å². The molecule has 2 rings (SSSR count). The van der Waals surface area contributed by atoms with Gasteiger partial charge < -0.3 is 15.7 Å². The van der Waals surface area contributed by atoms with Gasteiger partial charge in [-0.1, -0.05) is 24.3 Å². The van der Waals surface area contributed by atoms with Crippen molar-refractivity contribution in [3.05, 3.63) is 36.4 Å². The zero-order valence-electron chi connectivity index (χ0n) is 10.4. The predicted molar refractivity (Wildman–Crippen MR) is 72.9 cm³/mol. The van der Waals surface area contributed by atoms with Gasteiger partial charge in [0.15, 0.2) is 0 Å². The van der Waals surface area contributed by atoms with Gasteiger partial charge in [-0.15, -0.1) is 0 Å². The van der Waals surface area contributed by atoms with E-state index in [1.54, 1.807) is 12.1 Å². The van der Waals surface area contributed by atoms with Gasteiger partial charge in [-0.25, -0.2) is 0 Å². The zero-order valence-corrected chi connectivity index (χ0v) is 10.4. The minimum Gasteiger partial charge on any atom is -0.506 e. The predicted octanol–water partition coefficient (Wildman–Crippen LogP) is 1.62. The fourth-order valence-corrected chi connectivity index (χ4v) is 1.76. The lowest BCUT2D eigenvalue weighted by molar-refractivity contribution is -0.126. The molecule has 0 atom stereocenters. The highest BCUT2D eigenvalue weighted by Crippen LogP contribution is 2.29. The molecule has 98 valence electrons. The maximum absolute atomic E-state index is 11.6. The SMILES string of the molecule is CNC(=O)CC(=O)Nc1cc2ccccc2cc1O. The first-order valence-corrected chi connectivity index (χ1v) is 5.82. The van der Waals surface area contributed by atoms with Crippen LogP contribution in [0.2, 0.25) is 0 Å². The number of carbonyl (C=O) groups excluding carboxylic acids is 2. The smallest absolute Gasteiger partial charge is 0.233 e. The quantitative estimate of drug-likeness (QED) is 0.578. The Kier molecular flexibility index (Phi) is 3.66. The first-order valence-electron chi connectivity index (χ1n) is 5.82. The summed E-state index contributed by atoms with van der Waals surface area (Å²) in [5.74, 6) is -0.869. The number of anilines is 1. The number of aromatic hydroxyl groups is 1. The summed E-state index contributed by atoms with van der Waals surface area (Å²) in [6.45, 7) is 0. The fraction of sp³-hybridized carbons (Fsp3) is 0.143. The van der Waals surface area contributed by atoms with Gasteiger partial charge in [-0.05, 0) is 22.9 Å². The number of rotatable bonds is 3. The number of hydrogen-bond donors (Lipinski definition) is 3. The Morgan fingerprint density at radius 1 is 1.11 bits per heavy atom. The Bertz CT molecular complexity index is 638. The van der Waals surface area contributed by atoms with Crippen molar-refractivity contribution in [3.8, 4) is 5.75 Å². The Hall–Kier alpha value is -2.56. The van der Waals surface area contributed by atoms with E-state index in [-0.39, 0.29) is 18.1 Å². The summed E-state index contributed by atoms with van der Waals surface area (Å²) >= 11 is 0. The minimum absolute atomic E-state index is 0.0241. The van der Waals surface area contributed by atoms with Crippen LogP contribution in [0.1, 0.15) is 6.42 Å². The molecular weight excluding hydrogens is 244 g/mol. The van der Waals surface area contributed by atoms with Crippen molar-refractivity contribution < 1.29 is 14.7 Å². The van der Waals surface area contributed by atoms with Crippen LogP contribution in [0.5, 0.6) is 5.75 Å². The van der Waals surface area contributed by atoms with Crippen molar-refractivity contribution >= 4 is 28.3 Å². The molecule has 0 aromatic heterocycles. The van der Waals surface area contributed by atoms with Crippen LogP contribution in [0.25, 0.3) is 10.8 Å². The van der Waals surface area contributed by atoms with Crippen LogP contribution in [-0.4, -0.2) is 24.0 Å². The Morgan fingerprint density at radius 2 is 1.74 bits per heavy atom. The number of fused-ring (bicyclic) bond motifs is 1. The Labute approximate surface area is 110 Å². The second-order valence-electron chi connectivity index (χ2n) is 4.11. The highest BCUT2D eigenvalue weighted by atomic mass is 16.3. The van der Waals surface area contributed by atoms with Gasteiger partial charge in [0.25, 0.3) is 0 Å². The number of carbonyl (C=O) groups is 2. The second kappa shape index (κ2) is 5.39. The Morgan fingerprint density at radius 3 is 2.37 bits per heavy atom. The van der Waals surface area contributed by atoms with Crippen LogP contribution in [0.3, 0.4) is 0 Å². The van der Waals surface area contributed by atoms with Crippen LogP contribution in [-0.2, 0) is 9.59 Å². The molecule has 0 saturated carbocycles. The summed E-state index contributed by atoms with van der Waals surface area (Å²) in [5, 5.41) is 16.5. The third-order valence-corrected chi connectivity index (χ3v) is 2.74. The van der Waals surface area contributed by atoms with E-state index in [1.165, 1.54) is 7.05 Å². The van der Waals surface area contributed by atoms with Gasteiger partial charge in [0, 0.05) is 7.05 Å². The number of hydrogen-bond acceptors (Lipinski definition) is 3. The van der Waals surface area contributed by atoms with Crippen LogP contribution in [0.4, 0.5) is 5.69 Å². The van der Waals surface area contributed by atoms with Gasteiger partial charge in [-0.3, -0.25) is 9.59 Å². The van der Waals surface area contributed by atoms with E-state index in [0.717, 1.165) is 10.8 Å². The molecule has 0 saturated heterocycles. The summed E-state index contributed by atoms with van der Waals surface area (Å²) in [6.07, 6.45) is -0.275. The highest BCUT2D eigenvalue weighted by molar-refractivity contribution is 6.05. The van der Waals surface area contributed by atoms with Crippen molar-refractivity contribution in [2.75, 3.05) is 12.4 Å². The average molecular weight is 258 g/mol. The van der Waals surface area contributed by atoms with E-state index in [0.29, 0.717) is 5.69 Å². The molecule has 2 aromatic rings. The average Bonchev–Trinajstić information content (AvgIpc) is 2.39. The molecule has 5 heteroatoms. The monoisotopic (exact) mass is 258 g/mol. The van der Waals surface area contributed by atoms with Crippen molar-refractivity contribution in [2.45, 2.75) is 6.42 Å². The van der Waals surface area contributed by atoms with Crippen LogP contribution >= 0.6 is 0 Å². The lowest BCUT2D eigenvalue weighted by Gasteiger charge is -2.08. The lowest BCUT2D eigenvalue weighted by atomic mass is 10.1. The van der Waals surface area contributed by atoms with Crippen molar-refractivity contribution in [1.82, 2.24) is 5.32 Å². The van der Waals surface area contributed by atoms with Crippen LogP contribution in [0.15, 0.2) is 36.4 Å². The molecule has 2 amide bonds. The zero-order chi connectivity index (χ0) is 13.8. The highest BCUT2D eigenvalue weighted by Gasteiger charge is 2.11. The van der Waals surface area contributed by atoms with E-state index in [4.69, 9.17) is 0 Å². The second-order valence-corrected chi connectivity index (χ2v) is 4.11. The maximum Gasteiger partial charge on any atom is 0.233 e. The molecule has 0 aliphatic heterocycles. The molecule has 0 fully saturated rings. The standard InChI is InChI=1S/C14H14N2O3/c1-15-13(18)8-14(19)16-11-6-9-4-2-3-5-10(9)7-12(11)17/h2-7,17H,8H2,1H3,(H,15,18)(H,16,19). The first-order chi connectivity index (χ1) is 9.10. The molecule has 0 aliphatic rings. The molecule has 0 unspecified atom stereocenters. The molecule has 0 bridgehead atoms. The van der Waals surface area contributed by atoms with Crippen molar-refractivity contribution in [3.63, 3.8) is 0 Å². The largest absolute Gasteiger partial charge is 0.506 e. The van der Waals surface area contributed by atoms with Crippen molar-refractivity contribution in [1.29, 1.82) is 0 Å². The molecule has 5 nitrogen and oxygen atoms in total. The normalized spacial score (nSPS) is 10.2. The van der Waals surface area contributed by atoms with Crippen molar-refractivity contribution in [2.24, 2.45) is 0 Å². The maximum atomic E-state index is 11.6. The number of benzene rings is 2. The molecule has 19 heavy (non-hydrogen) atoms. The molecular formula is C14H14N2O3. The van der Waals surface area contributed by atoms with Crippen LogP contribution in [0, 0.1) is 0 Å². The first kappa shape index (κ1) is 12.9. The number of nitrogens with one attached hydrogen (secondary N) is 2. The van der Waals surface area contributed by atoms with E-state index in [2.05, 4.69) is 10.6 Å². The van der Waals surface area contributed by atoms with Gasteiger partial charge in [-0.2, -0.15) is 0 Å². The lowest BCUT2D eigenvalue weighted by Crippen LogP contribution is -2.24. The number of amides is 2. The fourth-order valence-electron chi connectivity index (χ4n) is 1.76. The molecule has 0 aliphatic carbocycles. The van der Waals surface area contributed by atoms with Gasteiger partial charge in [0.2, 0.25) is 11.8 Å². The van der Waals surface area contributed by atoms with Crippen LogP contribution < -0.4 is 10.6 Å². The van der Waals surface area contributed by atoms with Gasteiger partial charge in [0.1, 0.15) is 12.2 Å². The Balaban J connectivity index is 2.23. The molecule has 0 radical (unpaired) electrons. The summed E-state index contributed by atoms with van der Waals surface area (Å²) in [4.78, 5) is 22.7. The molecule has 0 heterocycles. The third-order valence-electron chi connectivity index (χ3n) is 2.74. The van der Waals surface area contributed by atoms with E-state index >= 15 is 0 Å². The topological polar surface area (TPSA) is 78.4 Å². The summed E-state index contributed by atoms with van der Waals surface area (Å²) in [5.41, 5.74) is 0.299. The molecule has 3 N–H and O–H groups in total. The minimum atomic E-state index is -0.468. The molecule has 0 spiro atoms. The summed E-state index contributed by atoms with van der Waals surface area (Å²) < 4.78 is 0. The molecule has 2 aromatic carbocycles. The number of phenolic OH excluding ortho intramolecular Hbond substituents is 1. The van der Waals surface area contributed by atoms with E-state index in [1.807, 2.05) is 24.3 Å². The summed E-state index contributed by atoms with van der Waals surface area (Å²) in [6, 6.07) is 10.7. The van der Waals surface area contributed by atoms with E-state index < -0.39 is 5.91 Å². The summed E-state index contributed by atoms with van der Waals surface area (Å²) in [7, 11) is 1.46.